The summed E-state index contributed by atoms with van der Waals surface area (Å²) < 4.78 is 24.3. The fourth-order valence-electron chi connectivity index (χ4n) is 5.54. The molecule has 1 aliphatic carbocycles. The molecule has 31 heavy (non-hydrogen) atoms. The van der Waals surface area contributed by atoms with E-state index in [1.54, 1.807) is 19.2 Å². The normalized spacial score (nSPS) is 25.0. The molecule has 1 saturated carbocycles. The smallest absolute Gasteiger partial charge is 0.191 e. The molecule has 5 rings (SSSR count). The molecule has 0 radical (unpaired) electrons. The molecule has 0 spiro atoms. The number of likely N-dealkylation sites (tertiary alicyclic amines) is 1. The minimum Gasteiger partial charge on any atom is -0.493 e. The Labute approximate surface area is 183 Å². The molecule has 0 amide bonds. The van der Waals surface area contributed by atoms with Gasteiger partial charge in [0, 0.05) is 50.5 Å². The van der Waals surface area contributed by atoms with Crippen LogP contribution in [-0.2, 0) is 4.74 Å². The predicted molar refractivity (Wildman–Crippen MR) is 118 cm³/mol. The number of nitrogens with zero attached hydrogens (tertiary/aromatic N) is 3. The Morgan fingerprint density at radius 3 is 2.48 bits per heavy atom. The highest BCUT2D eigenvalue weighted by Crippen LogP contribution is 2.40. The number of rotatable bonds is 6. The van der Waals surface area contributed by atoms with Crippen LogP contribution in [-0.4, -0.2) is 61.1 Å². The van der Waals surface area contributed by atoms with Crippen molar-refractivity contribution in [3.63, 3.8) is 0 Å². The number of benzene rings is 1. The largest absolute Gasteiger partial charge is 0.493 e. The number of anilines is 1. The van der Waals surface area contributed by atoms with Gasteiger partial charge in [-0.05, 0) is 67.7 Å². The summed E-state index contributed by atoms with van der Waals surface area (Å²) in [5.74, 6) is 3.43. The zero-order valence-electron chi connectivity index (χ0n) is 18.1. The first-order valence-corrected chi connectivity index (χ1v) is 11.4. The number of halogens is 1. The van der Waals surface area contributed by atoms with Crippen molar-refractivity contribution in [3.8, 4) is 17.0 Å². The van der Waals surface area contributed by atoms with Crippen molar-refractivity contribution in [2.45, 2.75) is 31.7 Å². The van der Waals surface area contributed by atoms with Gasteiger partial charge in [0.1, 0.15) is 5.82 Å². The minimum absolute atomic E-state index is 0.264. The van der Waals surface area contributed by atoms with E-state index in [-0.39, 0.29) is 5.82 Å². The summed E-state index contributed by atoms with van der Waals surface area (Å²) in [6.07, 6.45) is 4.75. The van der Waals surface area contributed by atoms with Crippen molar-refractivity contribution in [3.05, 3.63) is 36.1 Å². The van der Waals surface area contributed by atoms with Crippen LogP contribution in [0, 0.1) is 23.6 Å². The molecule has 1 aromatic carbocycles. The van der Waals surface area contributed by atoms with E-state index in [2.05, 4.69) is 20.4 Å². The average Bonchev–Trinajstić information content (AvgIpc) is 3.33. The molecule has 3 fully saturated rings. The molecule has 166 valence electrons. The second-order valence-electron chi connectivity index (χ2n) is 9.26. The Hall–Kier alpha value is -2.25. The van der Waals surface area contributed by atoms with Gasteiger partial charge in [-0.1, -0.05) is 0 Å². The molecule has 1 aromatic heterocycles. The first-order valence-electron chi connectivity index (χ1n) is 11.4. The summed E-state index contributed by atoms with van der Waals surface area (Å²) in [4.78, 5) is 2.68. The minimum atomic E-state index is -0.264. The maximum atomic E-state index is 13.2. The van der Waals surface area contributed by atoms with E-state index >= 15 is 0 Å². The van der Waals surface area contributed by atoms with Crippen molar-refractivity contribution in [2.24, 2.45) is 17.8 Å². The molecule has 2 saturated heterocycles. The number of methoxy groups -OCH3 is 1. The van der Waals surface area contributed by atoms with Crippen molar-refractivity contribution >= 4 is 5.82 Å². The van der Waals surface area contributed by atoms with E-state index in [9.17, 15) is 4.39 Å². The maximum Gasteiger partial charge on any atom is 0.191 e. The molecular formula is C24H31FN4O2. The topological polar surface area (TPSA) is 59.5 Å². The van der Waals surface area contributed by atoms with Crippen molar-refractivity contribution in [2.75, 3.05) is 45.3 Å². The molecule has 3 aliphatic rings. The lowest BCUT2D eigenvalue weighted by atomic mass is 10.00. The number of fused-ring (bicyclic) bond motifs is 1. The second kappa shape index (κ2) is 9.09. The summed E-state index contributed by atoms with van der Waals surface area (Å²) in [7, 11) is 1.65. The molecule has 6 nitrogen and oxygen atoms in total. The lowest BCUT2D eigenvalue weighted by molar-refractivity contribution is 0.0545. The summed E-state index contributed by atoms with van der Waals surface area (Å²) in [6.45, 7) is 5.53. The highest BCUT2D eigenvalue weighted by atomic mass is 19.1. The fourth-order valence-corrected chi connectivity index (χ4v) is 5.54. The van der Waals surface area contributed by atoms with Crippen molar-refractivity contribution < 1.29 is 13.9 Å². The van der Waals surface area contributed by atoms with Gasteiger partial charge in [-0.25, -0.2) is 4.39 Å². The van der Waals surface area contributed by atoms with E-state index in [0.717, 1.165) is 36.5 Å². The average molecular weight is 427 g/mol. The zero-order chi connectivity index (χ0) is 21.2. The van der Waals surface area contributed by atoms with Crippen LogP contribution in [0.5, 0.6) is 5.75 Å². The molecule has 3 heterocycles. The van der Waals surface area contributed by atoms with E-state index in [4.69, 9.17) is 9.47 Å². The molecule has 7 heteroatoms. The quantitative estimate of drug-likeness (QED) is 0.757. The van der Waals surface area contributed by atoms with Gasteiger partial charge in [0.25, 0.3) is 0 Å². The molecule has 0 unspecified atom stereocenters. The number of hydrogen-bond acceptors (Lipinski definition) is 6. The molecule has 2 atom stereocenters. The summed E-state index contributed by atoms with van der Waals surface area (Å²) in [6, 6.07) is 8.54. The Morgan fingerprint density at radius 1 is 1.10 bits per heavy atom. The van der Waals surface area contributed by atoms with Gasteiger partial charge < -0.3 is 19.7 Å². The second-order valence-corrected chi connectivity index (χ2v) is 9.26. The highest BCUT2D eigenvalue weighted by molar-refractivity contribution is 5.64. The van der Waals surface area contributed by atoms with Gasteiger partial charge >= 0.3 is 0 Å². The number of nitrogens with one attached hydrogen (secondary N) is 1. The lowest BCUT2D eigenvalue weighted by Crippen LogP contribution is -2.32. The summed E-state index contributed by atoms with van der Waals surface area (Å²) >= 11 is 0. The van der Waals surface area contributed by atoms with Gasteiger partial charge in [0.05, 0.1) is 12.8 Å². The Morgan fingerprint density at radius 2 is 1.81 bits per heavy atom. The molecule has 2 aromatic rings. The Balaban J connectivity index is 1.18. The predicted octanol–water partition coefficient (Wildman–Crippen LogP) is 3.84. The standard InChI is InChI=1S/C24H31FN4O2/c1-30-23-12-22(17-2-4-20(25)5-3-17)27-28-24(23)26-21-10-18-14-29(15-19(18)11-21)13-16-6-8-31-9-7-16/h2-5,12,16,18-19,21H,6-11,13-15H2,1H3,(H,26,28)/t18-,19-/m1/s1. The van der Waals surface area contributed by atoms with E-state index in [0.29, 0.717) is 23.3 Å². The van der Waals surface area contributed by atoms with Gasteiger partial charge in [0.15, 0.2) is 11.6 Å². The molecule has 1 N–H and O–H groups in total. The highest BCUT2D eigenvalue weighted by Gasteiger charge is 2.41. The van der Waals surface area contributed by atoms with Gasteiger partial charge in [-0.2, -0.15) is 0 Å². The number of aromatic nitrogens is 2. The maximum absolute atomic E-state index is 13.2. The third-order valence-corrected chi connectivity index (χ3v) is 7.14. The van der Waals surface area contributed by atoms with Crippen LogP contribution in [0.25, 0.3) is 11.3 Å². The Bertz CT molecular complexity index is 874. The van der Waals surface area contributed by atoms with Crippen LogP contribution in [0.3, 0.4) is 0 Å². The Kier molecular flexibility index (Phi) is 6.05. The third kappa shape index (κ3) is 4.67. The van der Waals surface area contributed by atoms with E-state index in [1.807, 2.05) is 6.07 Å². The first kappa shape index (κ1) is 20.6. The summed E-state index contributed by atoms with van der Waals surface area (Å²) in [5, 5.41) is 12.3. The third-order valence-electron chi connectivity index (χ3n) is 7.14. The molecule has 2 aliphatic heterocycles. The zero-order valence-corrected chi connectivity index (χ0v) is 18.1. The van der Waals surface area contributed by atoms with Gasteiger partial charge in [-0.15, -0.1) is 10.2 Å². The van der Waals surface area contributed by atoms with Gasteiger partial charge in [-0.3, -0.25) is 0 Å². The summed E-state index contributed by atoms with van der Waals surface area (Å²) in [5.41, 5.74) is 1.49. The first-order chi connectivity index (χ1) is 15.2. The van der Waals surface area contributed by atoms with Crippen LogP contribution >= 0.6 is 0 Å². The van der Waals surface area contributed by atoms with Gasteiger partial charge in [0.2, 0.25) is 0 Å². The number of ether oxygens (including phenoxy) is 2. The fraction of sp³-hybridized carbons (Fsp3) is 0.583. The monoisotopic (exact) mass is 426 g/mol. The molecular weight excluding hydrogens is 395 g/mol. The SMILES string of the molecule is COc1cc(-c2ccc(F)cc2)nnc1NC1C[C@@H]2CN(CC3CCOCC3)C[C@H]2C1. The van der Waals surface area contributed by atoms with E-state index in [1.165, 1.54) is 57.5 Å². The van der Waals surface area contributed by atoms with Crippen molar-refractivity contribution in [1.29, 1.82) is 0 Å². The number of hydrogen-bond donors (Lipinski definition) is 1. The van der Waals surface area contributed by atoms with Crippen LogP contribution in [0.15, 0.2) is 30.3 Å². The van der Waals surface area contributed by atoms with Crippen LogP contribution in [0.2, 0.25) is 0 Å². The van der Waals surface area contributed by atoms with E-state index < -0.39 is 0 Å². The molecule has 0 bridgehead atoms. The van der Waals surface area contributed by atoms with Crippen LogP contribution in [0.1, 0.15) is 25.7 Å². The lowest BCUT2D eigenvalue weighted by Gasteiger charge is -2.27. The van der Waals surface area contributed by atoms with Crippen LogP contribution < -0.4 is 10.1 Å². The van der Waals surface area contributed by atoms with Crippen molar-refractivity contribution in [1.82, 2.24) is 15.1 Å². The van der Waals surface area contributed by atoms with Crippen LogP contribution in [0.4, 0.5) is 10.2 Å².